The van der Waals surface area contributed by atoms with E-state index in [0.717, 1.165) is 36.3 Å². The first-order valence-electron chi connectivity index (χ1n) is 7.44. The van der Waals surface area contributed by atoms with Crippen molar-refractivity contribution in [3.63, 3.8) is 0 Å². The average Bonchev–Trinajstić information content (AvgIpc) is 2.63. The maximum atomic E-state index is 11.7. The largest absolute Gasteiger partial charge is 0.324 e. The Labute approximate surface area is 127 Å². The third-order valence-electron chi connectivity index (χ3n) is 4.27. The van der Waals surface area contributed by atoms with Gasteiger partial charge in [0.1, 0.15) is 0 Å². The minimum atomic E-state index is -3.09. The first kappa shape index (κ1) is 16.5. The molecular weight excluding hydrogens is 288 g/mol. The second kappa shape index (κ2) is 6.06. The van der Waals surface area contributed by atoms with Gasteiger partial charge in [-0.05, 0) is 39.5 Å². The van der Waals surface area contributed by atoms with Crippen molar-refractivity contribution in [1.29, 1.82) is 0 Å². The van der Waals surface area contributed by atoms with Crippen molar-refractivity contribution >= 4 is 10.0 Å². The lowest BCUT2D eigenvalue weighted by atomic mass is 9.99. The Balaban J connectivity index is 2.14. The van der Waals surface area contributed by atoms with Crippen LogP contribution in [0.2, 0.25) is 0 Å². The van der Waals surface area contributed by atoms with Gasteiger partial charge in [0, 0.05) is 36.9 Å². The van der Waals surface area contributed by atoms with Crippen LogP contribution in [0.15, 0.2) is 0 Å². The van der Waals surface area contributed by atoms with Crippen LogP contribution in [-0.4, -0.2) is 41.8 Å². The molecule has 0 spiro atoms. The second-order valence-electron chi connectivity index (χ2n) is 6.18. The molecule has 1 aromatic heterocycles. The Morgan fingerprint density at radius 3 is 2.62 bits per heavy atom. The molecule has 1 fully saturated rings. The monoisotopic (exact) mass is 314 g/mol. The third-order valence-corrected chi connectivity index (χ3v) is 5.54. The molecule has 1 aromatic rings. The Bertz CT molecular complexity index is 607. The zero-order valence-corrected chi connectivity index (χ0v) is 14.2. The summed E-state index contributed by atoms with van der Waals surface area (Å²) in [5.41, 5.74) is 9.17. The van der Waals surface area contributed by atoms with Crippen LogP contribution in [0, 0.1) is 19.8 Å². The fraction of sp³-hybridized carbons (Fsp3) is 0.786. The first-order chi connectivity index (χ1) is 9.70. The standard InChI is InChI=1S/C14H26N4O2S/c1-10(15)14-11(2)16-18(12(14)3)9-13-6-5-7-17(8-13)21(4,19)20/h10,13H,5-9,15H2,1-4H3. The second-order valence-corrected chi connectivity index (χ2v) is 8.17. The molecule has 2 N–H and O–H groups in total. The van der Waals surface area contributed by atoms with Gasteiger partial charge in [0.25, 0.3) is 0 Å². The lowest BCUT2D eigenvalue weighted by Crippen LogP contribution is -2.40. The number of nitrogens with zero attached hydrogens (tertiary/aromatic N) is 3. The molecule has 0 aliphatic carbocycles. The fourth-order valence-corrected chi connectivity index (χ4v) is 4.21. The summed E-state index contributed by atoms with van der Waals surface area (Å²) in [6.45, 7) is 7.96. The topological polar surface area (TPSA) is 81.2 Å². The van der Waals surface area contributed by atoms with Gasteiger partial charge < -0.3 is 5.73 Å². The van der Waals surface area contributed by atoms with Crippen LogP contribution >= 0.6 is 0 Å². The normalized spacial score (nSPS) is 22.4. The zero-order chi connectivity index (χ0) is 15.8. The summed E-state index contributed by atoms with van der Waals surface area (Å²) < 4.78 is 26.9. The molecule has 1 saturated heterocycles. The molecule has 7 heteroatoms. The minimum Gasteiger partial charge on any atom is -0.324 e. The highest BCUT2D eigenvalue weighted by Crippen LogP contribution is 2.24. The lowest BCUT2D eigenvalue weighted by Gasteiger charge is -2.31. The molecule has 2 atom stereocenters. The summed E-state index contributed by atoms with van der Waals surface area (Å²) in [5.74, 6) is 0.312. The van der Waals surface area contributed by atoms with E-state index in [1.807, 2.05) is 25.5 Å². The van der Waals surface area contributed by atoms with Gasteiger partial charge >= 0.3 is 0 Å². The summed E-state index contributed by atoms with van der Waals surface area (Å²) >= 11 is 0. The first-order valence-corrected chi connectivity index (χ1v) is 9.29. The fourth-order valence-electron chi connectivity index (χ4n) is 3.27. The average molecular weight is 314 g/mol. The quantitative estimate of drug-likeness (QED) is 0.905. The SMILES string of the molecule is Cc1nn(CC2CCCN(S(C)(=O)=O)C2)c(C)c1C(C)N. The highest BCUT2D eigenvalue weighted by atomic mass is 32.2. The number of nitrogens with two attached hydrogens (primary N) is 1. The Morgan fingerprint density at radius 1 is 1.43 bits per heavy atom. The number of rotatable bonds is 4. The van der Waals surface area contributed by atoms with E-state index in [1.165, 1.54) is 6.26 Å². The maximum absolute atomic E-state index is 11.7. The molecule has 1 aliphatic rings. The Hall–Kier alpha value is -0.920. The van der Waals surface area contributed by atoms with E-state index in [9.17, 15) is 8.42 Å². The number of aromatic nitrogens is 2. The van der Waals surface area contributed by atoms with E-state index < -0.39 is 10.0 Å². The minimum absolute atomic E-state index is 0.0300. The van der Waals surface area contributed by atoms with Gasteiger partial charge in [-0.3, -0.25) is 4.68 Å². The van der Waals surface area contributed by atoms with Crippen molar-refractivity contribution < 1.29 is 8.42 Å². The number of hydrogen-bond acceptors (Lipinski definition) is 4. The van der Waals surface area contributed by atoms with Crippen molar-refractivity contribution in [2.45, 2.75) is 46.2 Å². The number of hydrogen-bond donors (Lipinski definition) is 1. The summed E-state index contributed by atoms with van der Waals surface area (Å²) in [5, 5.41) is 4.58. The lowest BCUT2D eigenvalue weighted by molar-refractivity contribution is 0.239. The van der Waals surface area contributed by atoms with E-state index in [-0.39, 0.29) is 6.04 Å². The van der Waals surface area contributed by atoms with Gasteiger partial charge in [0.05, 0.1) is 11.9 Å². The maximum Gasteiger partial charge on any atom is 0.211 e. The van der Waals surface area contributed by atoms with E-state index in [1.54, 1.807) is 4.31 Å². The van der Waals surface area contributed by atoms with Crippen molar-refractivity contribution in [3.05, 3.63) is 17.0 Å². The van der Waals surface area contributed by atoms with Crippen molar-refractivity contribution in [3.8, 4) is 0 Å². The molecule has 0 saturated carbocycles. The molecule has 2 rings (SSSR count). The summed E-state index contributed by atoms with van der Waals surface area (Å²) in [6, 6.07) is -0.0300. The summed E-state index contributed by atoms with van der Waals surface area (Å²) in [7, 11) is -3.09. The molecule has 0 amide bonds. The predicted octanol–water partition coefficient (Wildman–Crippen LogP) is 1.19. The van der Waals surface area contributed by atoms with Crippen molar-refractivity contribution in [2.24, 2.45) is 11.7 Å². The molecular formula is C14H26N4O2S. The highest BCUT2D eigenvalue weighted by molar-refractivity contribution is 7.88. The van der Waals surface area contributed by atoms with Crippen LogP contribution in [0.25, 0.3) is 0 Å². The molecule has 0 aromatic carbocycles. The van der Waals surface area contributed by atoms with Crippen molar-refractivity contribution in [2.75, 3.05) is 19.3 Å². The van der Waals surface area contributed by atoms with Gasteiger partial charge in [-0.2, -0.15) is 5.10 Å². The van der Waals surface area contributed by atoms with E-state index in [2.05, 4.69) is 5.10 Å². The summed E-state index contributed by atoms with van der Waals surface area (Å²) in [4.78, 5) is 0. The van der Waals surface area contributed by atoms with E-state index in [4.69, 9.17) is 5.73 Å². The van der Waals surface area contributed by atoms with Gasteiger partial charge in [0.2, 0.25) is 10.0 Å². The van der Waals surface area contributed by atoms with Crippen LogP contribution in [0.4, 0.5) is 0 Å². The van der Waals surface area contributed by atoms with Gasteiger partial charge in [-0.25, -0.2) is 12.7 Å². The molecule has 0 bridgehead atoms. The molecule has 21 heavy (non-hydrogen) atoms. The highest BCUT2D eigenvalue weighted by Gasteiger charge is 2.27. The van der Waals surface area contributed by atoms with Crippen LogP contribution in [-0.2, 0) is 16.6 Å². The molecule has 2 unspecified atom stereocenters. The van der Waals surface area contributed by atoms with Crippen LogP contribution in [0.1, 0.15) is 42.8 Å². The van der Waals surface area contributed by atoms with Gasteiger partial charge in [-0.15, -0.1) is 0 Å². The predicted molar refractivity (Wildman–Crippen MR) is 83.4 cm³/mol. The zero-order valence-electron chi connectivity index (χ0n) is 13.3. The third kappa shape index (κ3) is 3.64. The van der Waals surface area contributed by atoms with Crippen molar-refractivity contribution in [1.82, 2.24) is 14.1 Å². The van der Waals surface area contributed by atoms with Gasteiger partial charge in [0.15, 0.2) is 0 Å². The van der Waals surface area contributed by atoms with E-state index >= 15 is 0 Å². The molecule has 1 aliphatic heterocycles. The van der Waals surface area contributed by atoms with Crippen LogP contribution in [0.5, 0.6) is 0 Å². The molecule has 120 valence electrons. The smallest absolute Gasteiger partial charge is 0.211 e. The van der Waals surface area contributed by atoms with Crippen LogP contribution < -0.4 is 5.73 Å². The Morgan fingerprint density at radius 2 is 2.10 bits per heavy atom. The van der Waals surface area contributed by atoms with E-state index in [0.29, 0.717) is 19.0 Å². The molecule has 0 radical (unpaired) electrons. The molecule has 6 nitrogen and oxygen atoms in total. The molecule has 2 heterocycles. The summed E-state index contributed by atoms with van der Waals surface area (Å²) in [6.07, 6.45) is 3.24. The number of sulfonamides is 1. The van der Waals surface area contributed by atoms with Crippen LogP contribution in [0.3, 0.4) is 0 Å². The van der Waals surface area contributed by atoms with Gasteiger partial charge in [-0.1, -0.05) is 0 Å². The number of aryl methyl sites for hydroxylation is 1. The Kier molecular flexibility index (Phi) is 4.75. The number of piperidine rings is 1.